The van der Waals surface area contributed by atoms with Crippen LogP contribution in [-0.2, 0) is 6.42 Å². The fourth-order valence-corrected chi connectivity index (χ4v) is 1.87. The smallest absolute Gasteiger partial charge is 0.127 e. The Morgan fingerprint density at radius 2 is 2.07 bits per heavy atom. The Bertz CT molecular complexity index is 388. The number of hydrogen-bond donors (Lipinski definition) is 0. The topological polar surface area (TPSA) is 9.23 Å². The van der Waals surface area contributed by atoms with Gasteiger partial charge in [-0.2, -0.15) is 0 Å². The van der Waals surface area contributed by atoms with Crippen molar-refractivity contribution in [3.8, 4) is 5.75 Å². The van der Waals surface area contributed by atoms with Crippen molar-refractivity contribution in [2.75, 3.05) is 0 Å². The summed E-state index contributed by atoms with van der Waals surface area (Å²) in [5.41, 5.74) is 2.43. The lowest BCUT2D eigenvalue weighted by molar-refractivity contribution is 0.159. The Kier molecular flexibility index (Phi) is 2.56. The van der Waals surface area contributed by atoms with Gasteiger partial charge in [-0.1, -0.05) is 25.5 Å². The van der Waals surface area contributed by atoms with Crippen molar-refractivity contribution in [3.63, 3.8) is 0 Å². The molecular formula is C14H18O. The number of hydrogen-bond acceptors (Lipinski definition) is 1. The second-order valence-corrected chi connectivity index (χ2v) is 4.66. The van der Waals surface area contributed by atoms with Crippen LogP contribution in [0.1, 0.15) is 38.3 Å². The van der Waals surface area contributed by atoms with Crippen molar-refractivity contribution < 1.29 is 4.74 Å². The third-order valence-electron chi connectivity index (χ3n) is 2.65. The van der Waals surface area contributed by atoms with Gasteiger partial charge in [-0.25, -0.2) is 0 Å². The van der Waals surface area contributed by atoms with Crippen molar-refractivity contribution in [1.82, 2.24) is 0 Å². The van der Waals surface area contributed by atoms with Gasteiger partial charge in [0.25, 0.3) is 0 Å². The zero-order valence-electron chi connectivity index (χ0n) is 9.71. The molecule has 0 radical (unpaired) electrons. The molecule has 0 aliphatic carbocycles. The van der Waals surface area contributed by atoms with Gasteiger partial charge in [0, 0.05) is 5.56 Å². The molecule has 15 heavy (non-hydrogen) atoms. The Hall–Kier alpha value is -1.24. The predicted molar refractivity (Wildman–Crippen MR) is 64.2 cm³/mol. The molecule has 1 heterocycles. The van der Waals surface area contributed by atoms with Crippen molar-refractivity contribution in [2.45, 2.75) is 39.2 Å². The van der Waals surface area contributed by atoms with Crippen LogP contribution in [0.25, 0.3) is 6.08 Å². The van der Waals surface area contributed by atoms with Gasteiger partial charge in [-0.15, -0.1) is 0 Å². The van der Waals surface area contributed by atoms with Crippen LogP contribution in [-0.4, -0.2) is 5.60 Å². The van der Waals surface area contributed by atoms with E-state index in [2.05, 4.69) is 51.1 Å². The highest BCUT2D eigenvalue weighted by molar-refractivity contribution is 5.61. The average Bonchev–Trinajstić information content (AvgIpc) is 2.18. The summed E-state index contributed by atoms with van der Waals surface area (Å²) in [5, 5.41) is 0. The highest BCUT2D eigenvalue weighted by Gasteiger charge is 2.21. The Morgan fingerprint density at radius 3 is 2.80 bits per heavy atom. The van der Waals surface area contributed by atoms with E-state index in [1.165, 1.54) is 17.5 Å². The first-order chi connectivity index (χ1) is 7.11. The number of ether oxygens (including phenoxy) is 1. The summed E-state index contributed by atoms with van der Waals surface area (Å²) in [5.74, 6) is 1.00. The van der Waals surface area contributed by atoms with Crippen molar-refractivity contribution in [2.24, 2.45) is 0 Å². The van der Waals surface area contributed by atoms with E-state index in [4.69, 9.17) is 4.74 Å². The normalized spacial score (nSPS) is 17.0. The molecule has 1 aliphatic heterocycles. The molecule has 1 aliphatic rings. The maximum atomic E-state index is 5.87. The highest BCUT2D eigenvalue weighted by atomic mass is 16.5. The van der Waals surface area contributed by atoms with E-state index in [1.807, 2.05) is 0 Å². The van der Waals surface area contributed by atoms with Crippen LogP contribution in [0.3, 0.4) is 0 Å². The lowest BCUT2D eigenvalue weighted by atomic mass is 9.99. The standard InChI is InChI=1S/C14H18O/c1-4-5-11-6-7-13-12(10-11)8-9-14(2,3)15-13/h6-10H,4-5H2,1-3H3. The predicted octanol–water partition coefficient (Wildman–Crippen LogP) is 3.82. The molecule has 0 fully saturated rings. The van der Waals surface area contributed by atoms with Crippen LogP contribution < -0.4 is 4.74 Å². The summed E-state index contributed by atoms with van der Waals surface area (Å²) < 4.78 is 5.87. The van der Waals surface area contributed by atoms with Gasteiger partial charge in [0.05, 0.1) is 0 Å². The number of rotatable bonds is 2. The van der Waals surface area contributed by atoms with Crippen LogP contribution in [0.2, 0.25) is 0 Å². The fraction of sp³-hybridized carbons (Fsp3) is 0.429. The van der Waals surface area contributed by atoms with E-state index in [0.29, 0.717) is 0 Å². The molecule has 1 aromatic carbocycles. The molecule has 2 rings (SSSR count). The summed E-state index contributed by atoms with van der Waals surface area (Å²) >= 11 is 0. The third-order valence-corrected chi connectivity index (χ3v) is 2.65. The zero-order valence-corrected chi connectivity index (χ0v) is 9.71. The van der Waals surface area contributed by atoms with Crippen molar-refractivity contribution in [1.29, 1.82) is 0 Å². The van der Waals surface area contributed by atoms with Gasteiger partial charge in [0.15, 0.2) is 0 Å². The minimum Gasteiger partial charge on any atom is -0.483 e. The van der Waals surface area contributed by atoms with Crippen molar-refractivity contribution in [3.05, 3.63) is 35.4 Å². The second kappa shape index (κ2) is 3.73. The lowest BCUT2D eigenvalue weighted by Crippen LogP contribution is -2.27. The first kappa shape index (κ1) is 10.3. The van der Waals surface area contributed by atoms with E-state index in [0.717, 1.165) is 12.2 Å². The molecule has 80 valence electrons. The average molecular weight is 202 g/mol. The van der Waals surface area contributed by atoms with Gasteiger partial charge in [0.1, 0.15) is 11.4 Å². The first-order valence-corrected chi connectivity index (χ1v) is 5.62. The van der Waals surface area contributed by atoms with Gasteiger partial charge in [-0.05, 0) is 44.0 Å². The fourth-order valence-electron chi connectivity index (χ4n) is 1.87. The Morgan fingerprint density at radius 1 is 1.27 bits per heavy atom. The summed E-state index contributed by atoms with van der Waals surface area (Å²) in [6.45, 7) is 6.35. The van der Waals surface area contributed by atoms with Gasteiger partial charge < -0.3 is 4.74 Å². The summed E-state index contributed by atoms with van der Waals surface area (Å²) in [7, 11) is 0. The molecule has 1 heteroatoms. The van der Waals surface area contributed by atoms with Crippen LogP contribution >= 0.6 is 0 Å². The maximum absolute atomic E-state index is 5.87. The summed E-state index contributed by atoms with van der Waals surface area (Å²) in [6, 6.07) is 6.48. The maximum Gasteiger partial charge on any atom is 0.127 e. The molecule has 0 aromatic heterocycles. The quantitative estimate of drug-likeness (QED) is 0.708. The highest BCUT2D eigenvalue weighted by Crippen LogP contribution is 2.31. The third kappa shape index (κ3) is 2.23. The molecule has 0 saturated carbocycles. The molecule has 0 atom stereocenters. The van der Waals surface area contributed by atoms with E-state index in [-0.39, 0.29) is 5.60 Å². The van der Waals surface area contributed by atoms with Gasteiger partial charge >= 0.3 is 0 Å². The molecular weight excluding hydrogens is 184 g/mol. The van der Waals surface area contributed by atoms with E-state index in [9.17, 15) is 0 Å². The second-order valence-electron chi connectivity index (χ2n) is 4.66. The molecule has 0 bridgehead atoms. The zero-order chi connectivity index (χ0) is 10.9. The van der Waals surface area contributed by atoms with Crippen LogP contribution in [0.15, 0.2) is 24.3 Å². The molecule has 1 nitrogen and oxygen atoms in total. The Balaban J connectivity index is 2.32. The minimum absolute atomic E-state index is 0.167. The van der Waals surface area contributed by atoms with Gasteiger partial charge in [-0.3, -0.25) is 0 Å². The molecule has 0 unspecified atom stereocenters. The summed E-state index contributed by atoms with van der Waals surface area (Å²) in [4.78, 5) is 0. The van der Waals surface area contributed by atoms with Crippen molar-refractivity contribution >= 4 is 6.08 Å². The van der Waals surface area contributed by atoms with Crippen LogP contribution in [0, 0.1) is 0 Å². The van der Waals surface area contributed by atoms with Crippen LogP contribution in [0.5, 0.6) is 5.75 Å². The number of benzene rings is 1. The lowest BCUT2D eigenvalue weighted by Gasteiger charge is -2.28. The molecule has 0 N–H and O–H groups in total. The molecule has 0 saturated heterocycles. The number of aryl methyl sites for hydroxylation is 1. The van der Waals surface area contributed by atoms with E-state index in [1.54, 1.807) is 0 Å². The first-order valence-electron chi connectivity index (χ1n) is 5.62. The van der Waals surface area contributed by atoms with E-state index < -0.39 is 0 Å². The SMILES string of the molecule is CCCc1ccc2c(c1)C=CC(C)(C)O2. The minimum atomic E-state index is -0.167. The molecule has 0 spiro atoms. The largest absolute Gasteiger partial charge is 0.483 e. The monoisotopic (exact) mass is 202 g/mol. The molecule has 0 amide bonds. The van der Waals surface area contributed by atoms with Crippen LogP contribution in [0.4, 0.5) is 0 Å². The Labute approximate surface area is 91.8 Å². The number of fused-ring (bicyclic) bond motifs is 1. The summed E-state index contributed by atoms with van der Waals surface area (Å²) in [6.07, 6.45) is 6.61. The molecule has 1 aromatic rings. The van der Waals surface area contributed by atoms with E-state index >= 15 is 0 Å². The van der Waals surface area contributed by atoms with Gasteiger partial charge in [0.2, 0.25) is 0 Å².